The van der Waals surface area contributed by atoms with Crippen molar-refractivity contribution in [3.05, 3.63) is 105 Å². The predicted octanol–water partition coefficient (Wildman–Crippen LogP) is 5.05. The third-order valence-electron chi connectivity index (χ3n) is 5.82. The van der Waals surface area contributed by atoms with Gasteiger partial charge in [-0.25, -0.2) is 0 Å². The molecule has 172 valence electrons. The molecule has 0 bridgehead atoms. The molecule has 1 atom stereocenters. The van der Waals surface area contributed by atoms with E-state index < -0.39 is 28.4 Å². The average Bonchev–Trinajstić information content (AvgIpc) is 3.09. The van der Waals surface area contributed by atoms with Crippen molar-refractivity contribution in [1.82, 2.24) is 0 Å². The van der Waals surface area contributed by atoms with E-state index in [1.54, 1.807) is 24.3 Å². The number of rotatable bonds is 5. The summed E-state index contributed by atoms with van der Waals surface area (Å²) < 4.78 is 0. The Bertz CT molecular complexity index is 1310. The fourth-order valence-electron chi connectivity index (χ4n) is 4.03. The van der Waals surface area contributed by atoms with Crippen molar-refractivity contribution in [2.24, 2.45) is 0 Å². The lowest BCUT2D eigenvalue weighted by Crippen LogP contribution is -2.29. The van der Waals surface area contributed by atoms with Crippen molar-refractivity contribution in [2.75, 3.05) is 4.90 Å². The number of carbonyl (C=O) groups is 2. The number of aliphatic hydroxyl groups excluding tert-OH is 1. The average molecular weight is 458 g/mol. The monoisotopic (exact) mass is 458 g/mol. The van der Waals surface area contributed by atoms with Crippen LogP contribution in [0.3, 0.4) is 0 Å². The second kappa shape index (κ2) is 8.82. The van der Waals surface area contributed by atoms with Gasteiger partial charge in [0.25, 0.3) is 17.4 Å². The first-order valence-electron chi connectivity index (χ1n) is 10.6. The number of aliphatic hydroxyl groups is 1. The Morgan fingerprint density at radius 2 is 1.65 bits per heavy atom. The number of carbonyl (C=O) groups excluding carboxylic acids is 2. The van der Waals surface area contributed by atoms with Gasteiger partial charge in [-0.15, -0.1) is 0 Å². The first-order valence-corrected chi connectivity index (χ1v) is 10.6. The summed E-state index contributed by atoms with van der Waals surface area (Å²) in [5.41, 5.74) is 1.76. The minimum Gasteiger partial charge on any atom is -0.508 e. The summed E-state index contributed by atoms with van der Waals surface area (Å²) in [6.07, 6.45) is 0. The normalized spacial score (nSPS) is 17.4. The number of nitrogens with zero attached hydrogens (tertiary/aromatic N) is 2. The molecule has 0 saturated carbocycles. The van der Waals surface area contributed by atoms with Crippen molar-refractivity contribution in [1.29, 1.82) is 0 Å². The lowest BCUT2D eigenvalue weighted by molar-refractivity contribution is -0.384. The summed E-state index contributed by atoms with van der Waals surface area (Å²) in [6.45, 7) is 4.08. The molecule has 0 radical (unpaired) electrons. The number of amides is 1. The second-order valence-electron chi connectivity index (χ2n) is 8.31. The van der Waals surface area contributed by atoms with E-state index in [1.807, 2.05) is 26.0 Å². The van der Waals surface area contributed by atoms with E-state index in [4.69, 9.17) is 0 Å². The molecular formula is C26H22N2O6. The standard InChI is InChI=1S/C26H22N2O6/c1-15(2)16-6-10-19(11-7-16)27-23(18-4-3-5-21(29)14-18)22(25(31)26(27)32)24(30)17-8-12-20(13-9-17)28(33)34/h3-15,23,29-30H,1-2H3/b24-22-. The zero-order chi connectivity index (χ0) is 24.6. The highest BCUT2D eigenvalue weighted by Crippen LogP contribution is 2.43. The minimum absolute atomic E-state index is 0.0615. The fraction of sp³-hybridized carbons (Fsp3) is 0.154. The van der Waals surface area contributed by atoms with Crippen molar-refractivity contribution in [3.63, 3.8) is 0 Å². The largest absolute Gasteiger partial charge is 0.508 e. The Morgan fingerprint density at radius 3 is 2.21 bits per heavy atom. The molecule has 1 aliphatic rings. The summed E-state index contributed by atoms with van der Waals surface area (Å²) in [7, 11) is 0. The van der Waals surface area contributed by atoms with Crippen molar-refractivity contribution >= 4 is 28.8 Å². The van der Waals surface area contributed by atoms with Gasteiger partial charge in [0.05, 0.1) is 16.5 Å². The van der Waals surface area contributed by atoms with Crippen molar-refractivity contribution in [3.8, 4) is 5.75 Å². The van der Waals surface area contributed by atoms with Crippen LogP contribution in [0.25, 0.3) is 5.76 Å². The molecule has 2 N–H and O–H groups in total. The number of nitro groups is 1. The molecule has 0 aromatic heterocycles. The molecule has 8 heteroatoms. The second-order valence-corrected chi connectivity index (χ2v) is 8.31. The van der Waals surface area contributed by atoms with Gasteiger partial charge in [-0.3, -0.25) is 24.6 Å². The van der Waals surface area contributed by atoms with Gasteiger partial charge in [0.1, 0.15) is 11.5 Å². The predicted molar refractivity (Wildman–Crippen MR) is 127 cm³/mol. The minimum atomic E-state index is -1.01. The molecule has 1 aliphatic heterocycles. The van der Waals surface area contributed by atoms with Crippen LogP contribution in [0.5, 0.6) is 5.75 Å². The van der Waals surface area contributed by atoms with Crippen LogP contribution in [-0.2, 0) is 9.59 Å². The number of nitro benzene ring substituents is 1. The number of anilines is 1. The molecule has 1 unspecified atom stereocenters. The third-order valence-corrected chi connectivity index (χ3v) is 5.82. The molecule has 3 aromatic carbocycles. The summed E-state index contributed by atoms with van der Waals surface area (Å²) in [5.74, 6) is -1.96. The van der Waals surface area contributed by atoms with Crippen LogP contribution >= 0.6 is 0 Å². The van der Waals surface area contributed by atoms with Crippen LogP contribution in [0.2, 0.25) is 0 Å². The van der Waals surface area contributed by atoms with Crippen molar-refractivity contribution in [2.45, 2.75) is 25.8 Å². The maximum atomic E-state index is 13.2. The quantitative estimate of drug-likeness (QED) is 0.181. The Balaban J connectivity index is 1.89. The molecule has 1 heterocycles. The van der Waals surface area contributed by atoms with Gasteiger partial charge >= 0.3 is 0 Å². The summed E-state index contributed by atoms with van der Waals surface area (Å²) in [6, 6.07) is 17.4. The summed E-state index contributed by atoms with van der Waals surface area (Å²) in [5, 5.41) is 32.1. The number of ketones is 1. The first kappa shape index (κ1) is 22.7. The van der Waals surface area contributed by atoms with Gasteiger partial charge in [0.2, 0.25) is 0 Å². The molecule has 0 aliphatic carbocycles. The number of aromatic hydroxyl groups is 1. The van der Waals surface area contributed by atoms with Gasteiger partial charge in [-0.05, 0) is 53.4 Å². The third kappa shape index (κ3) is 4.01. The Morgan fingerprint density at radius 1 is 1.00 bits per heavy atom. The SMILES string of the molecule is CC(C)c1ccc(N2C(=O)C(=O)/C(=C(\O)c3ccc([N+](=O)[O-])cc3)C2c2cccc(O)c2)cc1. The summed E-state index contributed by atoms with van der Waals surface area (Å²) in [4.78, 5) is 38.0. The van der Waals surface area contributed by atoms with E-state index in [1.165, 1.54) is 41.3 Å². The highest BCUT2D eigenvalue weighted by atomic mass is 16.6. The lowest BCUT2D eigenvalue weighted by Gasteiger charge is -2.26. The van der Waals surface area contributed by atoms with Crippen LogP contribution in [0.4, 0.5) is 11.4 Å². The smallest absolute Gasteiger partial charge is 0.300 e. The molecule has 1 fully saturated rings. The molecule has 8 nitrogen and oxygen atoms in total. The van der Waals surface area contributed by atoms with E-state index >= 15 is 0 Å². The molecule has 1 saturated heterocycles. The molecule has 3 aromatic rings. The molecule has 34 heavy (non-hydrogen) atoms. The zero-order valence-electron chi connectivity index (χ0n) is 18.5. The topological polar surface area (TPSA) is 121 Å². The van der Waals surface area contributed by atoms with E-state index in [2.05, 4.69) is 0 Å². The number of non-ortho nitro benzene ring substituents is 1. The number of benzene rings is 3. The number of phenols is 1. The van der Waals surface area contributed by atoms with Crippen LogP contribution in [0, 0.1) is 10.1 Å². The van der Waals surface area contributed by atoms with Crippen molar-refractivity contribution < 1.29 is 24.7 Å². The van der Waals surface area contributed by atoms with E-state index in [-0.39, 0.29) is 28.5 Å². The van der Waals surface area contributed by atoms with Gasteiger partial charge in [0.15, 0.2) is 0 Å². The van der Waals surface area contributed by atoms with E-state index in [0.29, 0.717) is 11.3 Å². The molecule has 1 amide bonds. The lowest BCUT2D eigenvalue weighted by atomic mass is 9.94. The molecule has 4 rings (SSSR count). The van der Waals surface area contributed by atoms with E-state index in [9.17, 15) is 29.9 Å². The van der Waals surface area contributed by atoms with Gasteiger partial charge < -0.3 is 10.2 Å². The number of hydrogen-bond acceptors (Lipinski definition) is 6. The molecule has 0 spiro atoms. The van der Waals surface area contributed by atoms with Crippen LogP contribution in [0.1, 0.15) is 42.5 Å². The van der Waals surface area contributed by atoms with Gasteiger partial charge in [-0.1, -0.05) is 38.1 Å². The number of hydrogen-bond donors (Lipinski definition) is 2. The van der Waals surface area contributed by atoms with Gasteiger partial charge in [0, 0.05) is 23.4 Å². The van der Waals surface area contributed by atoms with Crippen LogP contribution in [0.15, 0.2) is 78.4 Å². The summed E-state index contributed by atoms with van der Waals surface area (Å²) >= 11 is 0. The maximum Gasteiger partial charge on any atom is 0.300 e. The fourth-order valence-corrected chi connectivity index (χ4v) is 4.03. The Hall–Kier alpha value is -4.46. The first-order chi connectivity index (χ1) is 16.2. The highest BCUT2D eigenvalue weighted by molar-refractivity contribution is 6.51. The highest BCUT2D eigenvalue weighted by Gasteiger charge is 2.47. The molecular weight excluding hydrogens is 436 g/mol. The number of phenolic OH excluding ortho intramolecular Hbond substituents is 1. The van der Waals surface area contributed by atoms with Crippen LogP contribution < -0.4 is 4.90 Å². The van der Waals surface area contributed by atoms with Gasteiger partial charge in [-0.2, -0.15) is 0 Å². The Kier molecular flexibility index (Phi) is 5.89. The Labute approximate surface area is 195 Å². The maximum absolute atomic E-state index is 13.2. The van der Waals surface area contributed by atoms with E-state index in [0.717, 1.165) is 5.56 Å². The zero-order valence-corrected chi connectivity index (χ0v) is 18.5. The van der Waals surface area contributed by atoms with Crippen LogP contribution in [-0.4, -0.2) is 26.8 Å². The number of Topliss-reactive ketones (excluding diaryl/α,β-unsaturated/α-hetero) is 1.